The van der Waals surface area contributed by atoms with Gasteiger partial charge in [0.05, 0.1) is 12.4 Å². The van der Waals surface area contributed by atoms with Gasteiger partial charge in [0.2, 0.25) is 10.0 Å². The number of nitrogens with one attached hydrogen (secondary N) is 1. The van der Waals surface area contributed by atoms with Gasteiger partial charge in [0.15, 0.2) is 0 Å². The van der Waals surface area contributed by atoms with Crippen LogP contribution in [0.1, 0.15) is 35.6 Å². The lowest BCUT2D eigenvalue weighted by molar-refractivity contribution is -0.0268. The lowest BCUT2D eigenvalue weighted by Crippen LogP contribution is -2.44. The first-order chi connectivity index (χ1) is 10.8. The van der Waals surface area contributed by atoms with Crippen LogP contribution >= 0.6 is 0 Å². The van der Waals surface area contributed by atoms with E-state index in [-0.39, 0.29) is 5.75 Å². The molecule has 1 aliphatic rings. The topological polar surface area (TPSA) is 64.6 Å². The third-order valence-electron chi connectivity index (χ3n) is 4.28. The molecule has 0 amide bonds. The summed E-state index contributed by atoms with van der Waals surface area (Å²) in [6.07, 6.45) is 0.615. The van der Waals surface area contributed by atoms with Crippen molar-refractivity contribution in [2.45, 2.75) is 46.3 Å². The van der Waals surface area contributed by atoms with Gasteiger partial charge in [-0.25, -0.2) is 13.1 Å². The Bertz CT molecular complexity index is 626. The van der Waals surface area contributed by atoms with Crippen LogP contribution in [0.4, 0.5) is 0 Å². The second-order valence-electron chi connectivity index (χ2n) is 6.38. The molecule has 1 heterocycles. The Labute approximate surface area is 139 Å². The zero-order chi connectivity index (χ0) is 17.1. The molecular formula is C17H27NO4S. The van der Waals surface area contributed by atoms with E-state index >= 15 is 0 Å². The smallest absolute Gasteiger partial charge is 0.214 e. The summed E-state index contributed by atoms with van der Waals surface area (Å²) >= 11 is 0. The van der Waals surface area contributed by atoms with E-state index < -0.39 is 15.6 Å². The summed E-state index contributed by atoms with van der Waals surface area (Å²) in [7, 11) is -3.44. The number of benzene rings is 1. The van der Waals surface area contributed by atoms with Crippen LogP contribution in [-0.4, -0.2) is 39.6 Å². The molecule has 2 rings (SSSR count). The highest BCUT2D eigenvalue weighted by Crippen LogP contribution is 2.25. The number of aryl methyl sites for hydroxylation is 3. The summed E-state index contributed by atoms with van der Waals surface area (Å²) in [5.41, 5.74) is 3.72. The lowest BCUT2D eigenvalue weighted by Gasteiger charge is -2.27. The van der Waals surface area contributed by atoms with Crippen LogP contribution in [0, 0.1) is 20.8 Å². The average molecular weight is 341 g/mol. The van der Waals surface area contributed by atoms with Gasteiger partial charge in [0.25, 0.3) is 0 Å². The predicted molar refractivity (Wildman–Crippen MR) is 91.1 cm³/mol. The van der Waals surface area contributed by atoms with E-state index in [1.54, 1.807) is 0 Å². The second kappa shape index (κ2) is 7.30. The normalized spacial score (nSPS) is 21.7. The van der Waals surface area contributed by atoms with E-state index in [0.717, 1.165) is 16.7 Å². The standard InChI is InChI=1S/C17H27NO4S/c1-5-22-17(6-7-21-11-17)12-23(19,20)18-10-16-14(3)8-13(2)9-15(16)4/h8-9,18H,5-7,10-12H2,1-4H3. The van der Waals surface area contributed by atoms with Gasteiger partial charge < -0.3 is 9.47 Å². The first-order valence-corrected chi connectivity index (χ1v) is 9.68. The van der Waals surface area contributed by atoms with Gasteiger partial charge in [-0.05, 0) is 44.4 Å². The maximum atomic E-state index is 12.5. The third kappa shape index (κ3) is 4.76. The van der Waals surface area contributed by atoms with Crippen molar-refractivity contribution in [2.24, 2.45) is 0 Å². The van der Waals surface area contributed by atoms with Gasteiger partial charge in [0, 0.05) is 26.2 Å². The third-order valence-corrected chi connectivity index (χ3v) is 5.77. The van der Waals surface area contributed by atoms with Gasteiger partial charge in [0.1, 0.15) is 5.60 Å². The van der Waals surface area contributed by atoms with Gasteiger partial charge in [-0.2, -0.15) is 0 Å². The molecule has 130 valence electrons. The molecule has 1 saturated heterocycles. The number of hydrogen-bond donors (Lipinski definition) is 1. The van der Waals surface area contributed by atoms with E-state index in [2.05, 4.69) is 16.9 Å². The van der Waals surface area contributed by atoms with Crippen molar-refractivity contribution in [2.75, 3.05) is 25.6 Å². The largest absolute Gasteiger partial charge is 0.378 e. The van der Waals surface area contributed by atoms with Crippen LogP contribution in [0.2, 0.25) is 0 Å². The highest BCUT2D eigenvalue weighted by atomic mass is 32.2. The van der Waals surface area contributed by atoms with E-state index in [9.17, 15) is 8.42 Å². The molecule has 1 unspecified atom stereocenters. The summed E-state index contributed by atoms with van der Waals surface area (Å²) in [5.74, 6) is -0.0577. The molecular weight excluding hydrogens is 314 g/mol. The number of hydrogen-bond acceptors (Lipinski definition) is 4. The van der Waals surface area contributed by atoms with Crippen molar-refractivity contribution in [3.8, 4) is 0 Å². The molecule has 1 fully saturated rings. The lowest BCUT2D eigenvalue weighted by atomic mass is 10.0. The molecule has 23 heavy (non-hydrogen) atoms. The molecule has 0 bridgehead atoms. The van der Waals surface area contributed by atoms with Crippen molar-refractivity contribution in [1.29, 1.82) is 0 Å². The van der Waals surface area contributed by atoms with Crippen molar-refractivity contribution in [3.05, 3.63) is 34.4 Å². The molecule has 0 saturated carbocycles. The van der Waals surface area contributed by atoms with Gasteiger partial charge in [-0.1, -0.05) is 17.7 Å². The van der Waals surface area contributed by atoms with E-state index in [4.69, 9.17) is 9.47 Å². The Balaban J connectivity index is 2.07. The van der Waals surface area contributed by atoms with Crippen LogP contribution in [0.3, 0.4) is 0 Å². The fourth-order valence-corrected chi connectivity index (χ4v) is 4.70. The molecule has 0 aromatic heterocycles. The van der Waals surface area contributed by atoms with Gasteiger partial charge in [-0.3, -0.25) is 0 Å². The Morgan fingerprint density at radius 2 is 1.91 bits per heavy atom. The van der Waals surface area contributed by atoms with E-state index in [0.29, 0.717) is 32.8 Å². The van der Waals surface area contributed by atoms with Crippen molar-refractivity contribution >= 4 is 10.0 Å². The molecule has 1 N–H and O–H groups in total. The first kappa shape index (κ1) is 18.4. The zero-order valence-corrected chi connectivity index (χ0v) is 15.3. The minimum atomic E-state index is -3.44. The van der Waals surface area contributed by atoms with Crippen LogP contribution in [0.15, 0.2) is 12.1 Å². The van der Waals surface area contributed by atoms with Crippen molar-refractivity contribution < 1.29 is 17.9 Å². The monoisotopic (exact) mass is 341 g/mol. The van der Waals surface area contributed by atoms with Crippen LogP contribution in [0.25, 0.3) is 0 Å². The second-order valence-corrected chi connectivity index (χ2v) is 8.18. The number of rotatable bonds is 7. The fraction of sp³-hybridized carbons (Fsp3) is 0.647. The summed E-state index contributed by atoms with van der Waals surface area (Å²) in [4.78, 5) is 0. The maximum absolute atomic E-state index is 12.5. The van der Waals surface area contributed by atoms with E-state index in [1.165, 1.54) is 5.56 Å². The zero-order valence-electron chi connectivity index (χ0n) is 14.4. The predicted octanol–water partition coefficient (Wildman–Crippen LogP) is 2.23. The van der Waals surface area contributed by atoms with E-state index in [1.807, 2.05) is 27.7 Å². The highest BCUT2D eigenvalue weighted by Gasteiger charge is 2.40. The molecule has 1 atom stereocenters. The molecule has 1 aromatic carbocycles. The molecule has 1 aromatic rings. The van der Waals surface area contributed by atoms with Crippen molar-refractivity contribution in [1.82, 2.24) is 4.72 Å². The molecule has 1 aliphatic heterocycles. The molecule has 0 radical (unpaired) electrons. The van der Waals surface area contributed by atoms with Gasteiger partial charge >= 0.3 is 0 Å². The Hall–Kier alpha value is -0.950. The summed E-state index contributed by atoms with van der Waals surface area (Å²) < 4.78 is 38.7. The summed E-state index contributed by atoms with van der Waals surface area (Å²) in [5, 5.41) is 0. The number of sulfonamides is 1. The summed E-state index contributed by atoms with van der Waals surface area (Å²) in [6.45, 7) is 9.61. The maximum Gasteiger partial charge on any atom is 0.214 e. The molecule has 0 spiro atoms. The van der Waals surface area contributed by atoms with Crippen LogP contribution in [0.5, 0.6) is 0 Å². The van der Waals surface area contributed by atoms with Gasteiger partial charge in [-0.15, -0.1) is 0 Å². The van der Waals surface area contributed by atoms with Crippen LogP contribution in [-0.2, 0) is 26.0 Å². The molecule has 5 nitrogen and oxygen atoms in total. The van der Waals surface area contributed by atoms with Crippen LogP contribution < -0.4 is 4.72 Å². The molecule has 6 heteroatoms. The molecule has 0 aliphatic carbocycles. The quantitative estimate of drug-likeness (QED) is 0.826. The SMILES string of the molecule is CCOC1(CS(=O)(=O)NCc2c(C)cc(C)cc2C)CCOC1. The Kier molecular flexibility index (Phi) is 5.84. The minimum Gasteiger partial charge on any atom is -0.378 e. The Morgan fingerprint density at radius 3 is 2.43 bits per heavy atom. The number of ether oxygens (including phenoxy) is 2. The summed E-state index contributed by atoms with van der Waals surface area (Å²) in [6, 6.07) is 4.15. The minimum absolute atomic E-state index is 0.0577. The van der Waals surface area contributed by atoms with Crippen molar-refractivity contribution in [3.63, 3.8) is 0 Å². The Morgan fingerprint density at radius 1 is 1.26 bits per heavy atom. The first-order valence-electron chi connectivity index (χ1n) is 8.03. The fourth-order valence-electron chi connectivity index (χ4n) is 3.23. The highest BCUT2D eigenvalue weighted by molar-refractivity contribution is 7.89. The average Bonchev–Trinajstić information content (AvgIpc) is 2.85.